The highest BCUT2D eigenvalue weighted by Crippen LogP contribution is 2.34. The zero-order chi connectivity index (χ0) is 17.6. The summed E-state index contributed by atoms with van der Waals surface area (Å²) in [6.45, 7) is 6.91. The Hall–Kier alpha value is -2.12. The van der Waals surface area contributed by atoms with Crippen molar-refractivity contribution in [2.45, 2.75) is 19.4 Å². The minimum atomic E-state index is -0.527. The lowest BCUT2D eigenvalue weighted by Gasteiger charge is -2.33. The molecule has 7 nitrogen and oxygen atoms in total. The summed E-state index contributed by atoms with van der Waals surface area (Å²) in [4.78, 5) is 27.9. The molecule has 25 heavy (non-hydrogen) atoms. The van der Waals surface area contributed by atoms with E-state index in [0.717, 1.165) is 32.8 Å². The largest absolute Gasteiger partial charge is 0.478 e. The molecule has 136 valence electrons. The van der Waals surface area contributed by atoms with E-state index < -0.39 is 6.10 Å². The summed E-state index contributed by atoms with van der Waals surface area (Å²) in [5.74, 6) is 0.349. The van der Waals surface area contributed by atoms with Crippen LogP contribution < -0.4 is 19.9 Å². The summed E-state index contributed by atoms with van der Waals surface area (Å²) in [6.07, 6.45) is 0.0478. The summed E-state index contributed by atoms with van der Waals surface area (Å²) in [5, 5.41) is 2.93. The molecule has 3 rings (SSSR count). The van der Waals surface area contributed by atoms with E-state index in [-0.39, 0.29) is 18.4 Å². The number of ether oxygens (including phenoxy) is 2. The summed E-state index contributed by atoms with van der Waals surface area (Å²) in [5.41, 5.74) is 0.658. The van der Waals surface area contributed by atoms with Crippen LogP contribution in [0.3, 0.4) is 0 Å². The van der Waals surface area contributed by atoms with Gasteiger partial charge in [-0.1, -0.05) is 19.1 Å². The van der Waals surface area contributed by atoms with Crippen LogP contribution in [0.5, 0.6) is 5.75 Å². The molecule has 7 heteroatoms. The molecule has 2 heterocycles. The number of quaternary nitrogens is 1. The number of amides is 2. The van der Waals surface area contributed by atoms with Crippen LogP contribution in [0.15, 0.2) is 24.3 Å². The smallest absolute Gasteiger partial charge is 0.268 e. The number of rotatable bonds is 6. The van der Waals surface area contributed by atoms with Crippen molar-refractivity contribution in [3.05, 3.63) is 24.3 Å². The first-order chi connectivity index (χ1) is 12.2. The van der Waals surface area contributed by atoms with Gasteiger partial charge in [-0.2, -0.15) is 0 Å². The zero-order valence-electron chi connectivity index (χ0n) is 14.6. The molecule has 1 fully saturated rings. The van der Waals surface area contributed by atoms with Gasteiger partial charge < -0.3 is 19.7 Å². The molecule has 1 saturated heterocycles. The molecular weight excluding hydrogens is 322 g/mol. The lowest BCUT2D eigenvalue weighted by atomic mass is 10.1. The van der Waals surface area contributed by atoms with Crippen molar-refractivity contribution in [1.29, 1.82) is 0 Å². The molecule has 2 N–H and O–H groups in total. The Bertz CT molecular complexity index is 616. The van der Waals surface area contributed by atoms with E-state index in [4.69, 9.17) is 9.47 Å². The van der Waals surface area contributed by atoms with Gasteiger partial charge in [0, 0.05) is 0 Å². The van der Waals surface area contributed by atoms with Crippen LogP contribution in [0.1, 0.15) is 13.3 Å². The number of nitrogens with one attached hydrogen (secondary N) is 2. The van der Waals surface area contributed by atoms with Gasteiger partial charge in [-0.25, -0.2) is 0 Å². The predicted molar refractivity (Wildman–Crippen MR) is 92.9 cm³/mol. The molecule has 2 aliphatic rings. The van der Waals surface area contributed by atoms with E-state index in [9.17, 15) is 9.59 Å². The van der Waals surface area contributed by atoms with Crippen LogP contribution in [0.25, 0.3) is 0 Å². The number of para-hydroxylation sites is 2. The number of anilines is 1. The van der Waals surface area contributed by atoms with Gasteiger partial charge in [-0.3, -0.25) is 14.5 Å². The quantitative estimate of drug-likeness (QED) is 0.708. The first-order valence-corrected chi connectivity index (χ1v) is 8.94. The van der Waals surface area contributed by atoms with E-state index in [2.05, 4.69) is 5.32 Å². The lowest BCUT2D eigenvalue weighted by Crippen LogP contribution is -3.14. The van der Waals surface area contributed by atoms with Gasteiger partial charge in [0.25, 0.3) is 5.91 Å². The molecule has 2 amide bonds. The molecule has 0 aromatic heterocycles. The standard InChI is InChI=1S/C18H25N3O4/c1-2-15-18(23)21(14-5-3-4-6-16(14)25-15)13-17(22)19-7-8-20-9-11-24-12-10-20/h3-6,15H,2,7-13H2,1H3,(H,19,22)/p+1. The highest BCUT2D eigenvalue weighted by molar-refractivity contribution is 6.03. The minimum Gasteiger partial charge on any atom is -0.478 e. The number of hydrogen-bond donors (Lipinski definition) is 2. The van der Waals surface area contributed by atoms with Crippen molar-refractivity contribution in [3.63, 3.8) is 0 Å². The monoisotopic (exact) mass is 348 g/mol. The molecule has 1 atom stereocenters. The first kappa shape index (κ1) is 17.7. The van der Waals surface area contributed by atoms with Crippen molar-refractivity contribution >= 4 is 17.5 Å². The van der Waals surface area contributed by atoms with E-state index in [1.165, 1.54) is 9.80 Å². The second-order valence-electron chi connectivity index (χ2n) is 6.37. The summed E-state index contributed by atoms with van der Waals surface area (Å²) in [7, 11) is 0. The lowest BCUT2D eigenvalue weighted by molar-refractivity contribution is -0.906. The zero-order valence-corrected chi connectivity index (χ0v) is 14.6. The third-order valence-electron chi connectivity index (χ3n) is 4.64. The van der Waals surface area contributed by atoms with Crippen LogP contribution in [-0.4, -0.2) is 63.9 Å². The van der Waals surface area contributed by atoms with Gasteiger partial charge in [0.2, 0.25) is 5.91 Å². The number of carbonyl (C=O) groups is 2. The average molecular weight is 348 g/mol. The number of carbonyl (C=O) groups excluding carboxylic acids is 2. The molecular formula is C18H26N3O4+. The fourth-order valence-corrected chi connectivity index (χ4v) is 3.19. The topological polar surface area (TPSA) is 72.3 Å². The van der Waals surface area contributed by atoms with Gasteiger partial charge in [0.15, 0.2) is 6.10 Å². The van der Waals surface area contributed by atoms with Crippen molar-refractivity contribution in [3.8, 4) is 5.75 Å². The summed E-state index contributed by atoms with van der Waals surface area (Å²) >= 11 is 0. The summed E-state index contributed by atoms with van der Waals surface area (Å²) in [6, 6.07) is 7.35. The van der Waals surface area contributed by atoms with Crippen molar-refractivity contribution < 1.29 is 24.0 Å². The van der Waals surface area contributed by atoms with E-state index in [1.54, 1.807) is 0 Å². The van der Waals surface area contributed by atoms with Gasteiger partial charge in [0.1, 0.15) is 25.4 Å². The Morgan fingerprint density at radius 2 is 2.08 bits per heavy atom. The van der Waals surface area contributed by atoms with Gasteiger partial charge in [-0.15, -0.1) is 0 Å². The Labute approximate surface area is 147 Å². The Morgan fingerprint density at radius 3 is 2.84 bits per heavy atom. The van der Waals surface area contributed by atoms with Gasteiger partial charge in [-0.05, 0) is 18.6 Å². The molecule has 0 saturated carbocycles. The van der Waals surface area contributed by atoms with Crippen molar-refractivity contribution in [2.75, 3.05) is 50.8 Å². The second-order valence-corrected chi connectivity index (χ2v) is 6.37. The van der Waals surface area contributed by atoms with Crippen LogP contribution >= 0.6 is 0 Å². The molecule has 1 aromatic rings. The molecule has 0 aliphatic carbocycles. The minimum absolute atomic E-state index is 0.0220. The first-order valence-electron chi connectivity index (χ1n) is 8.94. The Morgan fingerprint density at radius 1 is 1.32 bits per heavy atom. The fourth-order valence-electron chi connectivity index (χ4n) is 3.19. The highest BCUT2D eigenvalue weighted by atomic mass is 16.5. The molecule has 0 spiro atoms. The predicted octanol–water partition coefficient (Wildman–Crippen LogP) is -0.778. The second kappa shape index (κ2) is 8.31. The number of hydrogen-bond acceptors (Lipinski definition) is 4. The normalized spacial score (nSPS) is 20.8. The maximum atomic E-state index is 12.6. The number of nitrogens with zero attached hydrogens (tertiary/aromatic N) is 1. The average Bonchev–Trinajstić information content (AvgIpc) is 2.64. The van der Waals surface area contributed by atoms with Gasteiger partial charge in [0.05, 0.1) is 32.0 Å². The van der Waals surface area contributed by atoms with Crippen LogP contribution in [0.4, 0.5) is 5.69 Å². The molecule has 1 aromatic carbocycles. The van der Waals surface area contributed by atoms with Gasteiger partial charge >= 0.3 is 0 Å². The highest BCUT2D eigenvalue weighted by Gasteiger charge is 2.34. The molecule has 2 aliphatic heterocycles. The van der Waals surface area contributed by atoms with Crippen molar-refractivity contribution in [2.24, 2.45) is 0 Å². The number of morpholine rings is 1. The Kier molecular flexibility index (Phi) is 5.88. The Balaban J connectivity index is 1.56. The number of fused-ring (bicyclic) bond motifs is 1. The molecule has 0 radical (unpaired) electrons. The molecule has 1 unspecified atom stereocenters. The van der Waals surface area contributed by atoms with E-state index in [0.29, 0.717) is 24.4 Å². The van der Waals surface area contributed by atoms with Crippen LogP contribution in [0, 0.1) is 0 Å². The molecule has 0 bridgehead atoms. The van der Waals surface area contributed by atoms with Crippen molar-refractivity contribution in [1.82, 2.24) is 5.32 Å². The summed E-state index contributed by atoms with van der Waals surface area (Å²) < 4.78 is 11.1. The fraction of sp³-hybridized carbons (Fsp3) is 0.556. The maximum absolute atomic E-state index is 12.6. The van der Waals surface area contributed by atoms with Crippen LogP contribution in [0.2, 0.25) is 0 Å². The third kappa shape index (κ3) is 4.29. The SMILES string of the molecule is CCC1Oc2ccccc2N(CC(=O)NCC[NH+]2CCOCC2)C1=O. The van der Waals surface area contributed by atoms with Crippen LogP contribution in [-0.2, 0) is 14.3 Å². The van der Waals surface area contributed by atoms with E-state index >= 15 is 0 Å². The number of benzene rings is 1. The maximum Gasteiger partial charge on any atom is 0.268 e. The third-order valence-corrected chi connectivity index (χ3v) is 4.64. The van der Waals surface area contributed by atoms with E-state index in [1.807, 2.05) is 31.2 Å².